The van der Waals surface area contributed by atoms with Crippen molar-refractivity contribution >= 4 is 16.8 Å². The van der Waals surface area contributed by atoms with Gasteiger partial charge >= 0.3 is 0 Å². The van der Waals surface area contributed by atoms with E-state index in [-0.39, 0.29) is 0 Å². The monoisotopic (exact) mass is 517 g/mol. The molecule has 0 saturated heterocycles. The summed E-state index contributed by atoms with van der Waals surface area (Å²) >= 11 is 0. The smallest absolute Gasteiger partial charge is 0.248 e. The number of amides is 1. The van der Waals surface area contributed by atoms with Crippen molar-refractivity contribution < 1.29 is 9.90 Å². The van der Waals surface area contributed by atoms with Crippen molar-refractivity contribution in [3.8, 4) is 16.9 Å². The maximum atomic E-state index is 11.9. The predicted octanol–water partition coefficient (Wildman–Crippen LogP) is 5.78. The average molecular weight is 518 g/mol. The zero-order chi connectivity index (χ0) is 26.7. The Hall–Kier alpha value is -4.23. The number of hydrogen-bond acceptors (Lipinski definition) is 4. The van der Waals surface area contributed by atoms with E-state index in [0.29, 0.717) is 23.9 Å². The summed E-state index contributed by atoms with van der Waals surface area (Å²) in [5.41, 5.74) is 14.6. The molecule has 2 aromatic heterocycles. The molecule has 1 atom stereocenters. The molecule has 1 amide bonds. The first kappa shape index (κ1) is 23.9. The first-order valence-corrected chi connectivity index (χ1v) is 13.7. The lowest BCUT2D eigenvalue weighted by atomic mass is 9.99. The highest BCUT2D eigenvalue weighted by Crippen LogP contribution is 2.48. The fourth-order valence-electron chi connectivity index (χ4n) is 5.78. The van der Waals surface area contributed by atoms with Crippen LogP contribution in [-0.2, 0) is 6.54 Å². The van der Waals surface area contributed by atoms with Crippen molar-refractivity contribution in [1.82, 2.24) is 19.6 Å². The molecule has 7 nitrogen and oxygen atoms in total. The number of hydrogen-bond donors (Lipinski definition) is 2. The number of fused-ring (bicyclic) bond motifs is 1. The van der Waals surface area contributed by atoms with E-state index in [1.54, 1.807) is 0 Å². The van der Waals surface area contributed by atoms with Gasteiger partial charge < -0.3 is 10.8 Å². The summed E-state index contributed by atoms with van der Waals surface area (Å²) in [6.45, 7) is 2.53. The lowest BCUT2D eigenvalue weighted by Gasteiger charge is -2.12. The summed E-state index contributed by atoms with van der Waals surface area (Å²) in [6.07, 6.45) is 5.94. The minimum atomic E-state index is -0.642. The molecule has 0 aliphatic heterocycles. The highest BCUT2D eigenvalue weighted by Gasteiger charge is 2.34. The Bertz CT molecular complexity index is 1710. The van der Waals surface area contributed by atoms with Gasteiger partial charge in [-0.15, -0.1) is 0 Å². The summed E-state index contributed by atoms with van der Waals surface area (Å²) in [6, 6.07) is 21.6. The molecule has 3 N–H and O–H groups in total. The molecular weight excluding hydrogens is 486 g/mol. The molecular formula is C32H31N5O2. The van der Waals surface area contributed by atoms with E-state index in [1.807, 2.05) is 71.5 Å². The number of carbonyl (C=O) groups is 1. The number of carbonyl (C=O) groups excluding carboxylic acids is 1. The SMILES string of the molecule is Cc1c(C2CC2)c(-c2cccc3nn(C[C@H](O)c4ccccc4)cc23)nn1-c1ccc(C(N)=O)cc1C1CC1. The Balaban J connectivity index is 1.32. The average Bonchev–Trinajstić information content (AvgIpc) is 3.88. The van der Waals surface area contributed by atoms with Crippen LogP contribution in [-0.4, -0.2) is 30.6 Å². The topological polar surface area (TPSA) is 99.0 Å². The van der Waals surface area contributed by atoms with Crippen LogP contribution in [0.1, 0.15) is 76.4 Å². The molecule has 0 radical (unpaired) electrons. The first-order valence-electron chi connectivity index (χ1n) is 13.7. The molecule has 2 aliphatic rings. The second-order valence-corrected chi connectivity index (χ2v) is 11.0. The Kier molecular flexibility index (Phi) is 5.63. The highest BCUT2D eigenvalue weighted by molar-refractivity contribution is 5.95. The molecule has 5 aromatic rings. The zero-order valence-electron chi connectivity index (χ0n) is 21.9. The fourth-order valence-corrected chi connectivity index (χ4v) is 5.78. The maximum absolute atomic E-state index is 11.9. The summed E-state index contributed by atoms with van der Waals surface area (Å²) in [4.78, 5) is 11.9. The summed E-state index contributed by atoms with van der Waals surface area (Å²) in [5, 5.41) is 21.9. The van der Waals surface area contributed by atoms with E-state index in [1.165, 1.54) is 5.56 Å². The van der Waals surface area contributed by atoms with Crippen molar-refractivity contribution in [2.24, 2.45) is 5.73 Å². The van der Waals surface area contributed by atoms with E-state index in [4.69, 9.17) is 15.9 Å². The molecule has 2 heterocycles. The Morgan fingerprint density at radius 1 is 1.00 bits per heavy atom. The second kappa shape index (κ2) is 9.20. The van der Waals surface area contributed by atoms with Crippen LogP contribution in [0.25, 0.3) is 27.8 Å². The van der Waals surface area contributed by atoms with E-state index >= 15 is 0 Å². The van der Waals surface area contributed by atoms with E-state index in [9.17, 15) is 9.90 Å². The minimum Gasteiger partial charge on any atom is -0.386 e. The lowest BCUT2D eigenvalue weighted by molar-refractivity contribution is 0.1000. The Labute approximate surface area is 226 Å². The maximum Gasteiger partial charge on any atom is 0.248 e. The van der Waals surface area contributed by atoms with Crippen LogP contribution in [0.2, 0.25) is 0 Å². The van der Waals surface area contributed by atoms with Gasteiger partial charge in [0.2, 0.25) is 5.91 Å². The molecule has 2 fully saturated rings. The van der Waals surface area contributed by atoms with Gasteiger partial charge in [0.15, 0.2) is 0 Å². The fraction of sp³-hybridized carbons (Fsp3) is 0.281. The molecule has 7 rings (SSSR count). The van der Waals surface area contributed by atoms with Gasteiger partial charge in [0.1, 0.15) is 0 Å². The van der Waals surface area contributed by atoms with Gasteiger partial charge in [0.25, 0.3) is 0 Å². The van der Waals surface area contributed by atoms with Crippen molar-refractivity contribution in [3.05, 3.63) is 101 Å². The third kappa shape index (κ3) is 4.33. The van der Waals surface area contributed by atoms with Gasteiger partial charge in [0.05, 0.1) is 29.5 Å². The van der Waals surface area contributed by atoms with Gasteiger partial charge in [-0.2, -0.15) is 10.2 Å². The van der Waals surface area contributed by atoms with Crippen LogP contribution >= 0.6 is 0 Å². The highest BCUT2D eigenvalue weighted by atomic mass is 16.3. The van der Waals surface area contributed by atoms with E-state index in [2.05, 4.69) is 17.7 Å². The van der Waals surface area contributed by atoms with Gasteiger partial charge in [-0.3, -0.25) is 9.48 Å². The molecule has 2 aliphatic carbocycles. The number of primary amides is 1. The van der Waals surface area contributed by atoms with Gasteiger partial charge in [-0.05, 0) is 79.8 Å². The van der Waals surface area contributed by atoms with Crippen molar-refractivity contribution in [3.63, 3.8) is 0 Å². The molecule has 196 valence electrons. The Morgan fingerprint density at radius 3 is 2.49 bits per heavy atom. The summed E-state index contributed by atoms with van der Waals surface area (Å²) < 4.78 is 3.91. The second-order valence-electron chi connectivity index (χ2n) is 11.0. The van der Waals surface area contributed by atoms with Crippen LogP contribution < -0.4 is 5.73 Å². The standard InChI is InChI=1S/C32H31N5O2/c1-19-30(22-12-13-22)31(35-37(19)28-15-14-23(32(33)39)16-25(28)20-10-11-20)24-8-5-9-27-26(24)17-36(34-27)18-29(38)21-6-3-2-4-7-21/h2-9,14-17,20,22,29,38H,10-13,18H2,1H3,(H2,33,39)/t29-/m0/s1. The largest absolute Gasteiger partial charge is 0.386 e. The molecule has 7 heteroatoms. The predicted molar refractivity (Wildman–Crippen MR) is 151 cm³/mol. The first-order chi connectivity index (χ1) is 19.0. The third-order valence-corrected chi connectivity index (χ3v) is 8.10. The van der Waals surface area contributed by atoms with Gasteiger partial charge in [0, 0.05) is 34.0 Å². The normalized spacial score (nSPS) is 16.1. The van der Waals surface area contributed by atoms with Crippen molar-refractivity contribution in [1.29, 1.82) is 0 Å². The summed E-state index contributed by atoms with van der Waals surface area (Å²) in [7, 11) is 0. The lowest BCUT2D eigenvalue weighted by Crippen LogP contribution is -2.12. The van der Waals surface area contributed by atoms with Crippen LogP contribution in [0.4, 0.5) is 0 Å². The molecule has 3 aromatic carbocycles. The number of nitrogens with two attached hydrogens (primary N) is 1. The minimum absolute atomic E-state index is 0.373. The van der Waals surface area contributed by atoms with Crippen LogP contribution in [0.5, 0.6) is 0 Å². The van der Waals surface area contributed by atoms with Crippen molar-refractivity contribution in [2.75, 3.05) is 0 Å². The molecule has 39 heavy (non-hydrogen) atoms. The Morgan fingerprint density at radius 2 is 1.77 bits per heavy atom. The van der Waals surface area contributed by atoms with Gasteiger partial charge in [-0.1, -0.05) is 42.5 Å². The quantitative estimate of drug-likeness (QED) is 0.272. The van der Waals surface area contributed by atoms with Crippen LogP contribution in [0.15, 0.2) is 72.9 Å². The molecule has 2 saturated carbocycles. The van der Waals surface area contributed by atoms with Gasteiger partial charge in [-0.25, -0.2) is 4.68 Å². The summed E-state index contributed by atoms with van der Waals surface area (Å²) in [5.74, 6) is 0.530. The zero-order valence-corrected chi connectivity index (χ0v) is 21.9. The van der Waals surface area contributed by atoms with Crippen molar-refractivity contribution in [2.45, 2.75) is 57.1 Å². The number of aliphatic hydroxyl groups excluding tert-OH is 1. The number of nitrogens with zero attached hydrogens (tertiary/aromatic N) is 4. The molecule has 0 spiro atoms. The molecule has 0 bridgehead atoms. The number of rotatable bonds is 8. The number of aromatic nitrogens is 4. The number of benzene rings is 3. The van der Waals surface area contributed by atoms with E-state index in [0.717, 1.165) is 70.4 Å². The van der Waals surface area contributed by atoms with Crippen LogP contribution in [0, 0.1) is 6.92 Å². The molecule has 0 unspecified atom stereocenters. The van der Waals surface area contributed by atoms with Crippen LogP contribution in [0.3, 0.4) is 0 Å². The van der Waals surface area contributed by atoms with E-state index < -0.39 is 12.0 Å². The number of aliphatic hydroxyl groups is 1. The third-order valence-electron chi connectivity index (χ3n) is 8.10.